The fourth-order valence-electron chi connectivity index (χ4n) is 1.35. The Kier molecular flexibility index (Phi) is 3.18. The van der Waals surface area contributed by atoms with E-state index in [4.69, 9.17) is 9.47 Å². The second-order valence-electron chi connectivity index (χ2n) is 3.50. The Morgan fingerprint density at radius 3 is 1.82 bits per heavy atom. The molecule has 1 aromatic carbocycles. The second-order valence-corrected chi connectivity index (χ2v) is 3.50. The molecule has 0 amide bonds. The molecule has 2 aromatic rings. The standard InChI is InChI=1S/C12H13N3O2/c1-8-4-6-9(7-5-8)10-13-11(16-2)15-12(14-10)17-3/h4-7H,1-3H3. The molecule has 0 saturated heterocycles. The van der Waals surface area contributed by atoms with E-state index in [1.54, 1.807) is 0 Å². The van der Waals surface area contributed by atoms with E-state index in [1.807, 2.05) is 31.2 Å². The first-order valence-electron chi connectivity index (χ1n) is 5.14. The monoisotopic (exact) mass is 231 g/mol. The maximum absolute atomic E-state index is 5.00. The van der Waals surface area contributed by atoms with Crippen LogP contribution in [0.25, 0.3) is 11.4 Å². The molecule has 5 nitrogen and oxygen atoms in total. The van der Waals surface area contributed by atoms with Gasteiger partial charge < -0.3 is 9.47 Å². The Hall–Kier alpha value is -2.17. The van der Waals surface area contributed by atoms with Gasteiger partial charge in [-0.1, -0.05) is 29.8 Å². The lowest BCUT2D eigenvalue weighted by Gasteiger charge is -2.05. The molecule has 1 aromatic heterocycles. The minimum atomic E-state index is 0.243. The van der Waals surface area contributed by atoms with E-state index >= 15 is 0 Å². The molecule has 1 heterocycles. The van der Waals surface area contributed by atoms with E-state index in [1.165, 1.54) is 19.8 Å². The van der Waals surface area contributed by atoms with Gasteiger partial charge in [-0.25, -0.2) is 0 Å². The summed E-state index contributed by atoms with van der Waals surface area (Å²) < 4.78 is 10.0. The van der Waals surface area contributed by atoms with Crippen LogP contribution in [0, 0.1) is 6.92 Å². The third kappa shape index (κ3) is 2.50. The van der Waals surface area contributed by atoms with Crippen molar-refractivity contribution in [2.45, 2.75) is 6.92 Å². The van der Waals surface area contributed by atoms with Gasteiger partial charge >= 0.3 is 12.0 Å². The average Bonchev–Trinajstić information content (AvgIpc) is 2.39. The highest BCUT2D eigenvalue weighted by Crippen LogP contribution is 2.19. The van der Waals surface area contributed by atoms with E-state index in [9.17, 15) is 0 Å². The van der Waals surface area contributed by atoms with Crippen LogP contribution >= 0.6 is 0 Å². The van der Waals surface area contributed by atoms with E-state index < -0.39 is 0 Å². The molecule has 0 saturated carbocycles. The van der Waals surface area contributed by atoms with E-state index in [2.05, 4.69) is 15.0 Å². The number of methoxy groups -OCH3 is 2. The quantitative estimate of drug-likeness (QED) is 0.807. The molecule has 0 spiro atoms. The molecular weight excluding hydrogens is 218 g/mol. The van der Waals surface area contributed by atoms with Crippen molar-refractivity contribution in [3.05, 3.63) is 29.8 Å². The van der Waals surface area contributed by atoms with Crippen LogP contribution in [0.2, 0.25) is 0 Å². The summed E-state index contributed by atoms with van der Waals surface area (Å²) in [5.41, 5.74) is 2.08. The number of aryl methyl sites for hydroxylation is 1. The zero-order valence-electron chi connectivity index (χ0n) is 9.97. The summed E-state index contributed by atoms with van der Waals surface area (Å²) in [6.07, 6.45) is 0. The fourth-order valence-corrected chi connectivity index (χ4v) is 1.35. The number of rotatable bonds is 3. The van der Waals surface area contributed by atoms with Crippen molar-refractivity contribution in [3.8, 4) is 23.4 Å². The van der Waals surface area contributed by atoms with Gasteiger partial charge in [0.05, 0.1) is 14.2 Å². The van der Waals surface area contributed by atoms with Crippen molar-refractivity contribution in [3.63, 3.8) is 0 Å². The Morgan fingerprint density at radius 1 is 0.824 bits per heavy atom. The molecule has 0 atom stereocenters. The van der Waals surface area contributed by atoms with Crippen molar-refractivity contribution in [1.82, 2.24) is 15.0 Å². The smallest absolute Gasteiger partial charge is 0.322 e. The predicted molar refractivity (Wildman–Crippen MR) is 63.1 cm³/mol. The maximum Gasteiger partial charge on any atom is 0.322 e. The molecule has 17 heavy (non-hydrogen) atoms. The molecule has 0 bridgehead atoms. The minimum Gasteiger partial charge on any atom is -0.467 e. The Morgan fingerprint density at radius 2 is 1.35 bits per heavy atom. The lowest BCUT2D eigenvalue weighted by molar-refractivity contribution is 0.341. The van der Waals surface area contributed by atoms with Gasteiger partial charge in [0, 0.05) is 5.56 Å². The van der Waals surface area contributed by atoms with Gasteiger partial charge in [0.1, 0.15) is 0 Å². The molecule has 0 unspecified atom stereocenters. The summed E-state index contributed by atoms with van der Waals surface area (Å²) in [7, 11) is 3.02. The van der Waals surface area contributed by atoms with Crippen molar-refractivity contribution >= 4 is 0 Å². The van der Waals surface area contributed by atoms with Crippen LogP contribution in [0.15, 0.2) is 24.3 Å². The molecule has 0 aliphatic carbocycles. The van der Waals surface area contributed by atoms with E-state index in [0.717, 1.165) is 5.56 Å². The van der Waals surface area contributed by atoms with Crippen LogP contribution < -0.4 is 9.47 Å². The van der Waals surface area contributed by atoms with E-state index in [-0.39, 0.29) is 12.0 Å². The van der Waals surface area contributed by atoms with E-state index in [0.29, 0.717) is 5.82 Å². The van der Waals surface area contributed by atoms with Gasteiger partial charge in [-0.15, -0.1) is 4.98 Å². The van der Waals surface area contributed by atoms with Crippen molar-refractivity contribution < 1.29 is 9.47 Å². The van der Waals surface area contributed by atoms with Crippen molar-refractivity contribution in [2.75, 3.05) is 14.2 Å². The lowest BCUT2D eigenvalue weighted by Crippen LogP contribution is -2.00. The third-order valence-corrected chi connectivity index (χ3v) is 2.27. The minimum absolute atomic E-state index is 0.243. The van der Waals surface area contributed by atoms with Gasteiger partial charge in [0.25, 0.3) is 0 Å². The summed E-state index contributed by atoms with van der Waals surface area (Å²) >= 11 is 0. The van der Waals surface area contributed by atoms with Gasteiger partial charge in [-0.2, -0.15) is 9.97 Å². The maximum atomic E-state index is 5.00. The Labute approximate surface area is 99.5 Å². The SMILES string of the molecule is COc1nc(OC)nc(-c2ccc(C)cc2)n1. The van der Waals surface area contributed by atoms with Gasteiger partial charge in [0.2, 0.25) is 0 Å². The normalized spacial score (nSPS) is 10.1. The number of nitrogens with zero attached hydrogens (tertiary/aromatic N) is 3. The fraction of sp³-hybridized carbons (Fsp3) is 0.250. The summed E-state index contributed by atoms with van der Waals surface area (Å²) in [4.78, 5) is 12.3. The average molecular weight is 231 g/mol. The van der Waals surface area contributed by atoms with Crippen LogP contribution in [-0.4, -0.2) is 29.2 Å². The first-order valence-corrected chi connectivity index (χ1v) is 5.14. The zero-order valence-corrected chi connectivity index (χ0v) is 9.97. The Balaban J connectivity index is 2.46. The lowest BCUT2D eigenvalue weighted by atomic mass is 10.1. The number of hydrogen-bond acceptors (Lipinski definition) is 5. The molecule has 0 aliphatic rings. The number of hydrogen-bond donors (Lipinski definition) is 0. The highest BCUT2D eigenvalue weighted by Gasteiger charge is 2.08. The van der Waals surface area contributed by atoms with Crippen LogP contribution in [0.4, 0.5) is 0 Å². The molecule has 0 radical (unpaired) electrons. The predicted octanol–water partition coefficient (Wildman–Crippen LogP) is 1.86. The van der Waals surface area contributed by atoms with Crippen LogP contribution in [0.3, 0.4) is 0 Å². The first kappa shape index (κ1) is 11.3. The van der Waals surface area contributed by atoms with Crippen molar-refractivity contribution in [1.29, 1.82) is 0 Å². The summed E-state index contributed by atoms with van der Waals surface area (Å²) in [5.74, 6) is 0.536. The number of benzene rings is 1. The molecule has 0 fully saturated rings. The second kappa shape index (κ2) is 4.78. The van der Waals surface area contributed by atoms with Crippen LogP contribution in [0.1, 0.15) is 5.56 Å². The zero-order chi connectivity index (χ0) is 12.3. The van der Waals surface area contributed by atoms with Gasteiger partial charge in [0.15, 0.2) is 5.82 Å². The summed E-state index contributed by atoms with van der Waals surface area (Å²) in [6.45, 7) is 2.03. The molecule has 88 valence electrons. The van der Waals surface area contributed by atoms with Crippen molar-refractivity contribution in [2.24, 2.45) is 0 Å². The Bertz CT molecular complexity index is 489. The molecule has 5 heteroatoms. The van der Waals surface area contributed by atoms with Crippen LogP contribution in [0.5, 0.6) is 12.0 Å². The highest BCUT2D eigenvalue weighted by molar-refractivity contribution is 5.55. The van der Waals surface area contributed by atoms with Gasteiger partial charge in [-0.3, -0.25) is 0 Å². The van der Waals surface area contributed by atoms with Gasteiger partial charge in [-0.05, 0) is 6.92 Å². The molecule has 0 N–H and O–H groups in total. The topological polar surface area (TPSA) is 57.1 Å². The summed E-state index contributed by atoms with van der Waals surface area (Å²) in [5, 5.41) is 0. The summed E-state index contributed by atoms with van der Waals surface area (Å²) in [6, 6.07) is 8.38. The largest absolute Gasteiger partial charge is 0.467 e. The first-order chi connectivity index (χ1) is 8.22. The van der Waals surface area contributed by atoms with Crippen LogP contribution in [-0.2, 0) is 0 Å². The molecule has 0 aliphatic heterocycles. The highest BCUT2D eigenvalue weighted by atomic mass is 16.5. The number of aromatic nitrogens is 3. The molecule has 2 rings (SSSR count). The molecular formula is C12H13N3O2. The number of ether oxygens (including phenoxy) is 2. The third-order valence-electron chi connectivity index (χ3n) is 2.27.